The van der Waals surface area contributed by atoms with Crippen LogP contribution in [-0.2, 0) is 12.8 Å². The van der Waals surface area contributed by atoms with Crippen molar-refractivity contribution >= 4 is 17.8 Å². The first-order valence-corrected chi connectivity index (χ1v) is 11.2. The van der Waals surface area contributed by atoms with Crippen molar-refractivity contribution in [3.63, 3.8) is 0 Å². The van der Waals surface area contributed by atoms with Crippen molar-refractivity contribution in [3.05, 3.63) is 72.2 Å². The summed E-state index contributed by atoms with van der Waals surface area (Å²) in [6.07, 6.45) is -2.03. The van der Waals surface area contributed by atoms with Crippen LogP contribution in [0.5, 0.6) is 0 Å². The Kier molecular flexibility index (Phi) is 7.18. The predicted molar refractivity (Wildman–Crippen MR) is 120 cm³/mol. The molecule has 0 bridgehead atoms. The van der Waals surface area contributed by atoms with E-state index in [2.05, 4.69) is 19.6 Å². The summed E-state index contributed by atoms with van der Waals surface area (Å²) in [7, 11) is 0. The quantitative estimate of drug-likeness (QED) is 0.460. The van der Waals surface area contributed by atoms with Gasteiger partial charge in [0.1, 0.15) is 5.82 Å². The minimum Gasteiger partial charge on any atom is -0.390 e. The van der Waals surface area contributed by atoms with Crippen molar-refractivity contribution in [3.8, 4) is 11.1 Å². The number of piperidine rings is 1. The largest absolute Gasteiger partial charge is 0.417 e. The van der Waals surface area contributed by atoms with E-state index in [0.29, 0.717) is 31.0 Å². The minimum atomic E-state index is -4.42. The summed E-state index contributed by atoms with van der Waals surface area (Å²) in [5.41, 5.74) is 1.81. The lowest BCUT2D eigenvalue weighted by Crippen LogP contribution is -2.47. The van der Waals surface area contributed by atoms with Crippen LogP contribution in [0.4, 0.5) is 19.0 Å². The first kappa shape index (κ1) is 23.5. The molecule has 1 fully saturated rings. The van der Waals surface area contributed by atoms with Gasteiger partial charge in [-0.1, -0.05) is 12.1 Å². The highest BCUT2D eigenvalue weighted by molar-refractivity contribution is 7.97. The Morgan fingerprint density at radius 3 is 2.48 bits per heavy atom. The molecule has 0 spiro atoms. The molecule has 2 aromatic heterocycles. The second-order valence-electron chi connectivity index (χ2n) is 7.73. The average Bonchev–Trinajstić information content (AvgIpc) is 2.81. The molecule has 1 aliphatic heterocycles. The van der Waals surface area contributed by atoms with Crippen LogP contribution in [0.3, 0.4) is 0 Å². The van der Waals surface area contributed by atoms with Crippen LogP contribution in [-0.4, -0.2) is 49.7 Å². The summed E-state index contributed by atoms with van der Waals surface area (Å²) in [4.78, 5) is 8.94. The zero-order valence-electron chi connectivity index (χ0n) is 17.5. The van der Waals surface area contributed by atoms with Crippen LogP contribution < -0.4 is 5.32 Å². The standard InChI is InChI=1S/C23H23F3N4O2S/c24-23(25,26)17-3-6-22(28-12-17)29-20-8-10-30(13-21(20)32)33-19-4-1-15(2-5-19)16-7-9-27-18(11-16)14-31/h1-7,9,11-12,20-21,31-32H,8,10,13-14H2,(H,28,29). The van der Waals surface area contributed by atoms with E-state index in [9.17, 15) is 23.4 Å². The Hall–Kier alpha value is -2.66. The highest BCUT2D eigenvalue weighted by atomic mass is 32.2. The van der Waals surface area contributed by atoms with E-state index in [1.165, 1.54) is 6.07 Å². The number of aromatic nitrogens is 2. The number of alkyl halides is 3. The SMILES string of the molecule is OCc1cc(-c2ccc(SN3CCC(Nc4ccc(C(F)(F)F)cn4)C(O)C3)cc2)ccn1. The molecule has 3 aromatic rings. The third-order valence-electron chi connectivity index (χ3n) is 5.37. The molecule has 1 aliphatic rings. The lowest BCUT2D eigenvalue weighted by atomic mass is 10.0. The number of nitrogens with one attached hydrogen (secondary N) is 1. The van der Waals surface area contributed by atoms with Crippen molar-refractivity contribution in [1.29, 1.82) is 0 Å². The molecule has 0 radical (unpaired) electrons. The van der Waals surface area contributed by atoms with Crippen molar-refractivity contribution in [2.75, 3.05) is 18.4 Å². The molecule has 2 unspecified atom stereocenters. The molecule has 0 saturated carbocycles. The van der Waals surface area contributed by atoms with Crippen LogP contribution >= 0.6 is 11.9 Å². The number of hydrogen-bond acceptors (Lipinski definition) is 7. The van der Waals surface area contributed by atoms with Gasteiger partial charge in [-0.2, -0.15) is 13.2 Å². The van der Waals surface area contributed by atoms with Gasteiger partial charge in [-0.3, -0.25) is 4.98 Å². The molecular formula is C23H23F3N4O2S. The maximum absolute atomic E-state index is 12.7. The monoisotopic (exact) mass is 476 g/mol. The molecule has 10 heteroatoms. The highest BCUT2D eigenvalue weighted by Crippen LogP contribution is 2.31. The fourth-order valence-corrected chi connectivity index (χ4v) is 4.57. The third kappa shape index (κ3) is 6.02. The van der Waals surface area contributed by atoms with E-state index >= 15 is 0 Å². The van der Waals surface area contributed by atoms with Gasteiger partial charge in [0.05, 0.1) is 30.0 Å². The topological polar surface area (TPSA) is 81.5 Å². The summed E-state index contributed by atoms with van der Waals surface area (Å²) in [6.45, 7) is 1.00. The Morgan fingerprint density at radius 1 is 1.06 bits per heavy atom. The molecular weight excluding hydrogens is 453 g/mol. The molecule has 2 atom stereocenters. The fourth-order valence-electron chi connectivity index (χ4n) is 3.59. The van der Waals surface area contributed by atoms with Crippen LogP contribution in [0.15, 0.2) is 65.8 Å². The number of halogens is 3. The van der Waals surface area contributed by atoms with Gasteiger partial charge in [0.2, 0.25) is 0 Å². The van der Waals surface area contributed by atoms with E-state index in [4.69, 9.17) is 0 Å². The van der Waals surface area contributed by atoms with Crippen molar-refractivity contribution < 1.29 is 23.4 Å². The number of hydrogen-bond donors (Lipinski definition) is 3. The maximum atomic E-state index is 12.7. The summed E-state index contributed by atoms with van der Waals surface area (Å²) < 4.78 is 40.1. The molecule has 0 aliphatic carbocycles. The molecule has 1 aromatic carbocycles. The summed E-state index contributed by atoms with van der Waals surface area (Å²) in [6, 6.07) is 13.7. The third-order valence-corrected chi connectivity index (χ3v) is 6.44. The van der Waals surface area contributed by atoms with Crippen molar-refractivity contribution in [1.82, 2.24) is 14.3 Å². The molecule has 3 N–H and O–H groups in total. The number of aliphatic hydroxyl groups excluding tert-OH is 2. The number of pyridine rings is 2. The normalized spacial score (nSPS) is 19.4. The van der Waals surface area contributed by atoms with Crippen LogP contribution in [0, 0.1) is 0 Å². The van der Waals surface area contributed by atoms with E-state index in [0.717, 1.165) is 28.3 Å². The van der Waals surface area contributed by atoms with Crippen molar-refractivity contribution in [2.45, 2.75) is 36.2 Å². The van der Waals surface area contributed by atoms with Crippen LogP contribution in [0.1, 0.15) is 17.7 Å². The number of anilines is 1. The first-order chi connectivity index (χ1) is 15.8. The van der Waals surface area contributed by atoms with Gasteiger partial charge in [-0.05, 0) is 65.9 Å². The van der Waals surface area contributed by atoms with E-state index in [1.54, 1.807) is 18.1 Å². The van der Waals surface area contributed by atoms with Gasteiger partial charge in [0, 0.05) is 30.4 Å². The zero-order valence-corrected chi connectivity index (χ0v) is 18.4. The molecule has 33 heavy (non-hydrogen) atoms. The van der Waals surface area contributed by atoms with E-state index < -0.39 is 17.8 Å². The average molecular weight is 477 g/mol. The Morgan fingerprint density at radius 2 is 1.85 bits per heavy atom. The van der Waals surface area contributed by atoms with Gasteiger partial charge in [0.15, 0.2) is 0 Å². The Balaban J connectivity index is 1.31. The molecule has 1 saturated heterocycles. The smallest absolute Gasteiger partial charge is 0.390 e. The number of nitrogens with zero attached hydrogens (tertiary/aromatic N) is 3. The zero-order chi connectivity index (χ0) is 23.4. The number of benzene rings is 1. The predicted octanol–water partition coefficient (Wildman–Crippen LogP) is 4.21. The molecule has 3 heterocycles. The molecule has 174 valence electrons. The van der Waals surface area contributed by atoms with Gasteiger partial charge in [-0.15, -0.1) is 0 Å². The van der Waals surface area contributed by atoms with Crippen LogP contribution in [0.2, 0.25) is 0 Å². The van der Waals surface area contributed by atoms with Crippen molar-refractivity contribution in [2.24, 2.45) is 0 Å². The highest BCUT2D eigenvalue weighted by Gasteiger charge is 2.31. The van der Waals surface area contributed by atoms with E-state index in [1.807, 2.05) is 36.4 Å². The van der Waals surface area contributed by atoms with E-state index in [-0.39, 0.29) is 12.6 Å². The van der Waals surface area contributed by atoms with Gasteiger partial charge >= 0.3 is 6.18 Å². The number of aliphatic hydroxyl groups is 2. The molecule has 4 rings (SSSR count). The van der Waals surface area contributed by atoms with Gasteiger partial charge < -0.3 is 15.5 Å². The fraction of sp³-hybridized carbons (Fsp3) is 0.304. The molecule has 6 nitrogen and oxygen atoms in total. The lowest BCUT2D eigenvalue weighted by molar-refractivity contribution is -0.137. The number of rotatable bonds is 6. The minimum absolute atomic E-state index is 0.107. The van der Waals surface area contributed by atoms with Gasteiger partial charge in [-0.25, -0.2) is 9.29 Å². The van der Waals surface area contributed by atoms with Crippen LogP contribution in [0.25, 0.3) is 11.1 Å². The summed E-state index contributed by atoms with van der Waals surface area (Å²) in [5.74, 6) is 0.309. The number of β-amino-alcohol motifs (C(OH)–C–C–N with tert-alkyl or cyclic N) is 1. The summed E-state index contributed by atoms with van der Waals surface area (Å²) >= 11 is 1.55. The second-order valence-corrected chi connectivity index (χ2v) is 8.90. The summed E-state index contributed by atoms with van der Waals surface area (Å²) in [5, 5.41) is 22.9. The maximum Gasteiger partial charge on any atom is 0.417 e. The first-order valence-electron chi connectivity index (χ1n) is 10.4. The Labute approximate surface area is 193 Å². The lowest BCUT2D eigenvalue weighted by Gasteiger charge is -2.35. The van der Waals surface area contributed by atoms with Gasteiger partial charge in [0.25, 0.3) is 0 Å². The second kappa shape index (κ2) is 10.1. The molecule has 0 amide bonds. The Bertz CT molecular complexity index is 1060.